The number of benzene rings is 1. The molecule has 2 aromatic rings. The van der Waals surface area contributed by atoms with Gasteiger partial charge in [0.25, 0.3) is 0 Å². The Labute approximate surface area is 128 Å². The Morgan fingerprint density at radius 2 is 1.86 bits per heavy atom. The molecule has 3 heteroatoms. The lowest BCUT2D eigenvalue weighted by atomic mass is 9.86. The van der Waals surface area contributed by atoms with Gasteiger partial charge in [-0.3, -0.25) is 4.68 Å². The zero-order valence-corrected chi connectivity index (χ0v) is 13.6. The van der Waals surface area contributed by atoms with Crippen molar-refractivity contribution < 1.29 is 0 Å². The van der Waals surface area contributed by atoms with E-state index >= 15 is 0 Å². The number of aryl methyl sites for hydroxylation is 1. The molecule has 0 amide bonds. The van der Waals surface area contributed by atoms with Gasteiger partial charge in [-0.2, -0.15) is 5.10 Å². The first-order valence-electron chi connectivity index (χ1n) is 7.87. The van der Waals surface area contributed by atoms with Crippen LogP contribution in [0.3, 0.4) is 0 Å². The summed E-state index contributed by atoms with van der Waals surface area (Å²) in [6.07, 6.45) is 5.05. The van der Waals surface area contributed by atoms with E-state index in [4.69, 9.17) is 10.8 Å². The van der Waals surface area contributed by atoms with E-state index in [-0.39, 0.29) is 0 Å². The number of nitrogens with two attached hydrogens (primary N) is 1. The van der Waals surface area contributed by atoms with Crippen molar-refractivity contribution in [1.82, 2.24) is 9.78 Å². The van der Waals surface area contributed by atoms with Gasteiger partial charge in [0, 0.05) is 18.2 Å². The first-order valence-corrected chi connectivity index (χ1v) is 7.87. The van der Waals surface area contributed by atoms with Gasteiger partial charge in [0.15, 0.2) is 0 Å². The van der Waals surface area contributed by atoms with E-state index < -0.39 is 5.54 Å². The van der Waals surface area contributed by atoms with Gasteiger partial charge in [-0.25, -0.2) is 0 Å². The maximum atomic E-state index is 6.57. The van der Waals surface area contributed by atoms with E-state index in [9.17, 15) is 0 Å². The van der Waals surface area contributed by atoms with E-state index in [1.54, 1.807) is 0 Å². The zero-order chi connectivity index (χ0) is 15.5. The summed E-state index contributed by atoms with van der Waals surface area (Å²) in [5.41, 5.74) is 9.68. The Morgan fingerprint density at radius 3 is 2.48 bits per heavy atom. The van der Waals surface area contributed by atoms with Crippen LogP contribution in [0, 0.1) is 6.92 Å². The summed E-state index contributed by atoms with van der Waals surface area (Å²) < 4.78 is 2.09. The molecule has 0 saturated heterocycles. The molecule has 0 bridgehead atoms. The molecule has 2 rings (SSSR count). The first-order chi connectivity index (χ1) is 9.97. The SMILES string of the molecule is CCC(CC)n1ccc(CC(C)(N)c2ccccc2C)n1. The smallest absolute Gasteiger partial charge is 0.0646 e. The molecule has 1 aromatic heterocycles. The van der Waals surface area contributed by atoms with Gasteiger partial charge in [0.05, 0.1) is 11.7 Å². The fourth-order valence-electron chi connectivity index (χ4n) is 3.02. The van der Waals surface area contributed by atoms with Crippen molar-refractivity contribution in [3.63, 3.8) is 0 Å². The minimum Gasteiger partial charge on any atom is -0.321 e. The molecule has 114 valence electrons. The molecule has 3 nitrogen and oxygen atoms in total. The molecule has 1 atom stereocenters. The van der Waals surface area contributed by atoms with Gasteiger partial charge < -0.3 is 5.73 Å². The third-order valence-corrected chi connectivity index (χ3v) is 4.29. The summed E-state index contributed by atoms with van der Waals surface area (Å²) in [7, 11) is 0. The van der Waals surface area contributed by atoms with Crippen molar-refractivity contribution in [2.24, 2.45) is 5.73 Å². The second-order valence-electron chi connectivity index (χ2n) is 6.17. The lowest BCUT2D eigenvalue weighted by Gasteiger charge is -2.26. The summed E-state index contributed by atoms with van der Waals surface area (Å²) in [4.78, 5) is 0. The van der Waals surface area contributed by atoms with Crippen LogP contribution in [0.4, 0.5) is 0 Å². The molecule has 1 unspecified atom stereocenters. The molecular formula is C18H27N3. The zero-order valence-electron chi connectivity index (χ0n) is 13.6. The van der Waals surface area contributed by atoms with Crippen LogP contribution in [0.25, 0.3) is 0 Å². The van der Waals surface area contributed by atoms with Gasteiger partial charge in [-0.05, 0) is 43.9 Å². The predicted molar refractivity (Wildman–Crippen MR) is 88.3 cm³/mol. The standard InChI is InChI=1S/C18H27N3/c1-5-16(6-2)21-12-11-15(20-21)13-18(4,19)17-10-8-7-9-14(17)3/h7-12,16H,5-6,13,19H2,1-4H3. The summed E-state index contributed by atoms with van der Waals surface area (Å²) in [5, 5.41) is 4.73. The van der Waals surface area contributed by atoms with Crippen molar-refractivity contribution in [1.29, 1.82) is 0 Å². The number of aromatic nitrogens is 2. The van der Waals surface area contributed by atoms with Gasteiger partial charge in [-0.1, -0.05) is 38.1 Å². The normalized spacial score (nSPS) is 14.4. The Morgan fingerprint density at radius 1 is 1.19 bits per heavy atom. The average molecular weight is 285 g/mol. The Kier molecular flexibility index (Phi) is 4.84. The van der Waals surface area contributed by atoms with E-state index in [1.807, 2.05) is 0 Å². The number of hydrogen-bond donors (Lipinski definition) is 1. The van der Waals surface area contributed by atoms with Crippen LogP contribution in [0.15, 0.2) is 36.5 Å². The van der Waals surface area contributed by atoms with Crippen LogP contribution >= 0.6 is 0 Å². The van der Waals surface area contributed by atoms with Crippen LogP contribution in [0.2, 0.25) is 0 Å². The number of rotatable bonds is 6. The van der Waals surface area contributed by atoms with Crippen molar-refractivity contribution in [2.45, 2.75) is 58.5 Å². The maximum absolute atomic E-state index is 6.57. The van der Waals surface area contributed by atoms with Gasteiger partial charge in [0.2, 0.25) is 0 Å². The molecule has 0 aliphatic carbocycles. The molecule has 0 radical (unpaired) electrons. The summed E-state index contributed by atoms with van der Waals surface area (Å²) in [5.74, 6) is 0. The van der Waals surface area contributed by atoms with E-state index in [2.05, 4.69) is 68.9 Å². The Balaban J connectivity index is 2.19. The highest BCUT2D eigenvalue weighted by Crippen LogP contribution is 2.25. The van der Waals surface area contributed by atoms with Gasteiger partial charge in [0.1, 0.15) is 0 Å². The monoisotopic (exact) mass is 285 g/mol. The number of nitrogens with zero attached hydrogens (tertiary/aromatic N) is 2. The van der Waals surface area contributed by atoms with Crippen molar-refractivity contribution in [3.05, 3.63) is 53.3 Å². The largest absolute Gasteiger partial charge is 0.321 e. The molecule has 21 heavy (non-hydrogen) atoms. The third-order valence-electron chi connectivity index (χ3n) is 4.29. The predicted octanol–water partition coefficient (Wildman–Crippen LogP) is 3.97. The van der Waals surface area contributed by atoms with Crippen LogP contribution in [0.5, 0.6) is 0 Å². The van der Waals surface area contributed by atoms with Crippen LogP contribution in [-0.4, -0.2) is 9.78 Å². The second-order valence-corrected chi connectivity index (χ2v) is 6.17. The van der Waals surface area contributed by atoms with Crippen molar-refractivity contribution in [3.8, 4) is 0 Å². The van der Waals surface area contributed by atoms with E-state index in [0.717, 1.165) is 25.0 Å². The molecule has 0 fully saturated rings. The molecule has 1 aromatic carbocycles. The lowest BCUT2D eigenvalue weighted by molar-refractivity contribution is 0.417. The Hall–Kier alpha value is -1.61. The summed E-state index contributed by atoms with van der Waals surface area (Å²) >= 11 is 0. The summed E-state index contributed by atoms with van der Waals surface area (Å²) in [6, 6.07) is 10.9. The van der Waals surface area contributed by atoms with Gasteiger partial charge >= 0.3 is 0 Å². The average Bonchev–Trinajstić information content (AvgIpc) is 2.88. The molecule has 0 aliphatic rings. The molecule has 0 saturated carbocycles. The highest BCUT2D eigenvalue weighted by Gasteiger charge is 2.24. The molecule has 2 N–H and O–H groups in total. The maximum Gasteiger partial charge on any atom is 0.0646 e. The van der Waals surface area contributed by atoms with E-state index in [0.29, 0.717) is 6.04 Å². The molecule has 1 heterocycles. The minimum atomic E-state index is -0.390. The molecule has 0 spiro atoms. The van der Waals surface area contributed by atoms with E-state index in [1.165, 1.54) is 11.1 Å². The lowest BCUT2D eigenvalue weighted by Crippen LogP contribution is -2.36. The fraction of sp³-hybridized carbons (Fsp3) is 0.500. The van der Waals surface area contributed by atoms with Crippen LogP contribution in [0.1, 0.15) is 56.5 Å². The summed E-state index contributed by atoms with van der Waals surface area (Å²) in [6.45, 7) is 8.61. The molecular weight excluding hydrogens is 258 g/mol. The van der Waals surface area contributed by atoms with Crippen molar-refractivity contribution in [2.75, 3.05) is 0 Å². The van der Waals surface area contributed by atoms with Crippen molar-refractivity contribution >= 4 is 0 Å². The first kappa shape index (κ1) is 15.8. The van der Waals surface area contributed by atoms with Gasteiger partial charge in [-0.15, -0.1) is 0 Å². The highest BCUT2D eigenvalue weighted by atomic mass is 15.3. The molecule has 0 aliphatic heterocycles. The fourth-order valence-corrected chi connectivity index (χ4v) is 3.02. The highest BCUT2D eigenvalue weighted by molar-refractivity contribution is 5.33. The second kappa shape index (κ2) is 6.44. The third kappa shape index (κ3) is 3.53. The quantitative estimate of drug-likeness (QED) is 0.872. The van der Waals surface area contributed by atoms with Crippen LogP contribution in [-0.2, 0) is 12.0 Å². The number of hydrogen-bond acceptors (Lipinski definition) is 2. The topological polar surface area (TPSA) is 43.8 Å². The minimum absolute atomic E-state index is 0.390. The van der Waals surface area contributed by atoms with Crippen LogP contribution < -0.4 is 5.73 Å². The Bertz CT molecular complexity index is 580.